The average molecular weight is 229 g/mol. The molecule has 5 nitrogen and oxygen atoms in total. The summed E-state index contributed by atoms with van der Waals surface area (Å²) in [7, 11) is 0. The quantitative estimate of drug-likeness (QED) is 0.627. The van der Waals surface area contributed by atoms with E-state index >= 15 is 0 Å². The Bertz CT molecular complexity index is 512. The van der Waals surface area contributed by atoms with Crippen molar-refractivity contribution in [3.05, 3.63) is 59.8 Å². The van der Waals surface area contributed by atoms with Crippen LogP contribution in [-0.2, 0) is 0 Å². The summed E-state index contributed by atoms with van der Waals surface area (Å²) in [4.78, 5) is 0. The number of quaternary nitrogens is 1. The summed E-state index contributed by atoms with van der Waals surface area (Å²) in [6, 6.07) is 15.6. The maximum absolute atomic E-state index is 10.8. The second-order valence-corrected chi connectivity index (χ2v) is 3.39. The Hall–Kier alpha value is -2.08. The highest BCUT2D eigenvalue weighted by Gasteiger charge is 2.00. The van der Waals surface area contributed by atoms with Crippen molar-refractivity contribution in [1.29, 1.82) is 0 Å². The van der Waals surface area contributed by atoms with Crippen LogP contribution in [0.5, 0.6) is 0 Å². The van der Waals surface area contributed by atoms with Gasteiger partial charge >= 0.3 is 0 Å². The van der Waals surface area contributed by atoms with Crippen molar-refractivity contribution in [2.24, 2.45) is 10.2 Å². The molecule has 0 aromatic heterocycles. The molecule has 0 amide bonds. The van der Waals surface area contributed by atoms with E-state index in [2.05, 4.69) is 10.2 Å². The van der Waals surface area contributed by atoms with Crippen molar-refractivity contribution in [1.82, 2.24) is 0 Å². The highest BCUT2D eigenvalue weighted by Crippen LogP contribution is 2.19. The van der Waals surface area contributed by atoms with Gasteiger partial charge in [0.2, 0.25) is 0 Å². The van der Waals surface area contributed by atoms with Gasteiger partial charge in [-0.3, -0.25) is 0 Å². The Kier molecular flexibility index (Phi) is 3.56. The highest BCUT2D eigenvalue weighted by atomic mass is 16.8. The van der Waals surface area contributed by atoms with Crippen LogP contribution in [0.4, 0.5) is 17.1 Å². The zero-order valence-corrected chi connectivity index (χ0v) is 8.95. The summed E-state index contributed by atoms with van der Waals surface area (Å²) >= 11 is 0. The summed E-state index contributed by atoms with van der Waals surface area (Å²) in [5.74, 6) is 0. The number of nitrogens with one attached hydrogen (secondary N) is 1. The van der Waals surface area contributed by atoms with E-state index in [9.17, 15) is 5.21 Å². The standard InChI is InChI=1S/C12H11N3O2/c16-15(17)12-8-4-7-11(9-12)14-13-10-5-2-1-3-6-10/h1-9,15-16H. The maximum Gasteiger partial charge on any atom is 0.166 e. The Morgan fingerprint density at radius 3 is 2.24 bits per heavy atom. The number of nitrogens with zero attached hydrogens (tertiary/aromatic N) is 2. The van der Waals surface area contributed by atoms with Crippen LogP contribution < -0.4 is 5.23 Å². The van der Waals surface area contributed by atoms with E-state index in [1.165, 1.54) is 12.1 Å². The van der Waals surface area contributed by atoms with Gasteiger partial charge in [-0.05, 0) is 18.2 Å². The molecular weight excluding hydrogens is 218 g/mol. The zero-order chi connectivity index (χ0) is 12.1. The lowest BCUT2D eigenvalue weighted by molar-refractivity contribution is -0.991. The lowest BCUT2D eigenvalue weighted by Crippen LogP contribution is -2.99. The van der Waals surface area contributed by atoms with Crippen LogP contribution in [0, 0.1) is 5.21 Å². The molecule has 0 aliphatic heterocycles. The third kappa shape index (κ3) is 3.18. The van der Waals surface area contributed by atoms with Crippen LogP contribution in [0.25, 0.3) is 0 Å². The highest BCUT2D eigenvalue weighted by molar-refractivity contribution is 5.46. The Balaban J connectivity index is 2.19. The molecule has 2 aromatic rings. The molecule has 1 unspecified atom stereocenters. The van der Waals surface area contributed by atoms with Gasteiger partial charge in [0.25, 0.3) is 0 Å². The fourth-order valence-electron chi connectivity index (χ4n) is 1.31. The SMILES string of the molecule is [O-][NH+](O)c1cccc(N=Nc2ccccc2)c1. The van der Waals surface area contributed by atoms with E-state index < -0.39 is 5.23 Å². The van der Waals surface area contributed by atoms with E-state index in [0.717, 1.165) is 5.69 Å². The molecule has 2 aromatic carbocycles. The van der Waals surface area contributed by atoms with Gasteiger partial charge in [-0.2, -0.15) is 15.5 Å². The molecule has 1 atom stereocenters. The van der Waals surface area contributed by atoms with Gasteiger partial charge in [0, 0.05) is 12.1 Å². The largest absolute Gasteiger partial charge is 0.595 e. The van der Waals surface area contributed by atoms with Gasteiger partial charge in [-0.1, -0.05) is 24.3 Å². The molecular formula is C12H11N3O2. The number of rotatable bonds is 3. The van der Waals surface area contributed by atoms with Crippen LogP contribution in [0.15, 0.2) is 64.8 Å². The number of hydrogen-bond acceptors (Lipinski definition) is 4. The Morgan fingerprint density at radius 1 is 0.882 bits per heavy atom. The van der Waals surface area contributed by atoms with E-state index in [-0.39, 0.29) is 5.69 Å². The topological polar surface area (TPSA) is 72.5 Å². The molecule has 0 heterocycles. The molecule has 0 saturated carbocycles. The first-order chi connectivity index (χ1) is 8.25. The summed E-state index contributed by atoms with van der Waals surface area (Å²) < 4.78 is 0. The van der Waals surface area contributed by atoms with Gasteiger partial charge in [-0.25, -0.2) is 5.21 Å². The van der Waals surface area contributed by atoms with Crippen molar-refractivity contribution < 1.29 is 10.4 Å². The van der Waals surface area contributed by atoms with Crippen molar-refractivity contribution in [2.75, 3.05) is 0 Å². The Labute approximate surface area is 98.2 Å². The van der Waals surface area contributed by atoms with E-state index in [4.69, 9.17) is 5.21 Å². The summed E-state index contributed by atoms with van der Waals surface area (Å²) in [6.07, 6.45) is 0. The van der Waals surface area contributed by atoms with Crippen molar-refractivity contribution >= 4 is 17.1 Å². The fraction of sp³-hybridized carbons (Fsp3) is 0. The first kappa shape index (κ1) is 11.4. The monoisotopic (exact) mass is 229 g/mol. The molecule has 0 bridgehead atoms. The van der Waals surface area contributed by atoms with E-state index in [1.807, 2.05) is 30.3 Å². The molecule has 0 spiro atoms. The van der Waals surface area contributed by atoms with E-state index in [1.54, 1.807) is 12.1 Å². The predicted octanol–water partition coefficient (Wildman–Crippen LogP) is 2.51. The summed E-state index contributed by atoms with van der Waals surface area (Å²) in [5, 5.41) is 26.6. The molecule has 0 saturated heterocycles. The molecule has 0 radical (unpaired) electrons. The first-order valence-corrected chi connectivity index (χ1v) is 5.06. The molecule has 0 fully saturated rings. The van der Waals surface area contributed by atoms with Crippen LogP contribution >= 0.6 is 0 Å². The molecule has 2 rings (SSSR count). The van der Waals surface area contributed by atoms with Crippen molar-refractivity contribution in [3.63, 3.8) is 0 Å². The third-order valence-electron chi connectivity index (χ3n) is 2.13. The number of azo groups is 1. The summed E-state index contributed by atoms with van der Waals surface area (Å²) in [5.41, 5.74) is 1.46. The Morgan fingerprint density at radius 2 is 1.53 bits per heavy atom. The minimum absolute atomic E-state index is 0.203. The average Bonchev–Trinajstić information content (AvgIpc) is 2.38. The van der Waals surface area contributed by atoms with Gasteiger partial charge in [0.1, 0.15) is 0 Å². The van der Waals surface area contributed by atoms with Crippen LogP contribution in [-0.4, -0.2) is 5.21 Å². The maximum atomic E-state index is 10.8. The fourth-order valence-corrected chi connectivity index (χ4v) is 1.31. The summed E-state index contributed by atoms with van der Waals surface area (Å²) in [6.45, 7) is 0. The zero-order valence-electron chi connectivity index (χ0n) is 8.95. The van der Waals surface area contributed by atoms with Gasteiger partial charge in [-0.15, -0.1) is 0 Å². The molecule has 86 valence electrons. The molecule has 17 heavy (non-hydrogen) atoms. The number of benzene rings is 2. The predicted molar refractivity (Wildman–Crippen MR) is 62.8 cm³/mol. The van der Waals surface area contributed by atoms with Gasteiger partial charge < -0.3 is 5.21 Å². The van der Waals surface area contributed by atoms with Gasteiger partial charge in [0.15, 0.2) is 5.69 Å². The van der Waals surface area contributed by atoms with Crippen LogP contribution in [0.1, 0.15) is 0 Å². The second-order valence-electron chi connectivity index (χ2n) is 3.39. The molecule has 5 heteroatoms. The molecule has 0 aliphatic rings. The van der Waals surface area contributed by atoms with E-state index in [0.29, 0.717) is 5.69 Å². The third-order valence-corrected chi connectivity index (χ3v) is 2.13. The van der Waals surface area contributed by atoms with Crippen LogP contribution in [0.2, 0.25) is 0 Å². The molecule has 2 N–H and O–H groups in total. The smallest absolute Gasteiger partial charge is 0.166 e. The van der Waals surface area contributed by atoms with Crippen molar-refractivity contribution in [2.45, 2.75) is 0 Å². The minimum atomic E-state index is -0.971. The lowest BCUT2D eigenvalue weighted by Gasteiger charge is -2.10. The first-order valence-electron chi connectivity index (χ1n) is 5.06. The van der Waals surface area contributed by atoms with Crippen molar-refractivity contribution in [3.8, 4) is 0 Å². The van der Waals surface area contributed by atoms with Gasteiger partial charge in [0.05, 0.1) is 11.4 Å². The van der Waals surface area contributed by atoms with Crippen LogP contribution in [0.3, 0.4) is 0 Å². The molecule has 0 aliphatic carbocycles. The minimum Gasteiger partial charge on any atom is -0.595 e. The number of hydrogen-bond donors (Lipinski definition) is 2. The lowest BCUT2D eigenvalue weighted by atomic mass is 10.3. The second kappa shape index (κ2) is 5.31. The normalized spacial score (nSPS) is 12.8.